The number of hydrogen-bond acceptors (Lipinski definition) is 5. The zero-order valence-corrected chi connectivity index (χ0v) is 8.60. The van der Waals surface area contributed by atoms with Gasteiger partial charge < -0.3 is 14.9 Å². The molecule has 0 unspecified atom stereocenters. The van der Waals surface area contributed by atoms with Gasteiger partial charge in [-0.05, 0) is 12.1 Å². The molecule has 2 N–H and O–H groups in total. The van der Waals surface area contributed by atoms with Gasteiger partial charge in [0.25, 0.3) is 0 Å². The van der Waals surface area contributed by atoms with E-state index in [2.05, 4.69) is 9.97 Å². The maximum atomic E-state index is 5.71. The molecule has 0 bridgehead atoms. The second kappa shape index (κ2) is 3.10. The lowest BCUT2D eigenvalue weighted by Crippen LogP contribution is -1.90. The van der Waals surface area contributed by atoms with E-state index in [1.807, 2.05) is 12.1 Å². The van der Waals surface area contributed by atoms with Gasteiger partial charge in [-0.3, -0.25) is 0 Å². The number of methoxy groups -OCH3 is 1. The Balaban J connectivity index is 2.45. The lowest BCUT2D eigenvalue weighted by Gasteiger charge is -1.96. The first-order valence-corrected chi connectivity index (χ1v) is 4.76. The Labute approximate surface area is 90.8 Å². The van der Waals surface area contributed by atoms with Crippen LogP contribution in [0.3, 0.4) is 0 Å². The lowest BCUT2D eigenvalue weighted by molar-refractivity contribution is 0.414. The van der Waals surface area contributed by atoms with E-state index in [0.29, 0.717) is 17.0 Å². The molecule has 3 aromatic rings. The maximum absolute atomic E-state index is 5.71. The van der Waals surface area contributed by atoms with E-state index in [1.54, 1.807) is 13.2 Å². The average molecular weight is 215 g/mol. The van der Waals surface area contributed by atoms with E-state index in [1.165, 1.54) is 6.33 Å². The van der Waals surface area contributed by atoms with Crippen LogP contribution in [0.4, 0.5) is 5.82 Å². The van der Waals surface area contributed by atoms with Crippen LogP contribution in [0.15, 0.2) is 28.9 Å². The van der Waals surface area contributed by atoms with Gasteiger partial charge in [0, 0.05) is 11.5 Å². The Morgan fingerprint density at radius 2 is 2.19 bits per heavy atom. The molecule has 2 heterocycles. The third-order valence-corrected chi connectivity index (χ3v) is 2.49. The van der Waals surface area contributed by atoms with Crippen molar-refractivity contribution in [2.24, 2.45) is 0 Å². The van der Waals surface area contributed by atoms with Gasteiger partial charge in [-0.15, -0.1) is 0 Å². The molecule has 16 heavy (non-hydrogen) atoms. The number of aromatic nitrogens is 2. The Morgan fingerprint density at radius 3 is 3.00 bits per heavy atom. The van der Waals surface area contributed by atoms with Crippen LogP contribution in [-0.2, 0) is 0 Å². The van der Waals surface area contributed by atoms with Crippen molar-refractivity contribution in [3.63, 3.8) is 0 Å². The second-order valence-corrected chi connectivity index (χ2v) is 3.40. The van der Waals surface area contributed by atoms with E-state index in [4.69, 9.17) is 14.9 Å². The molecule has 0 spiro atoms. The summed E-state index contributed by atoms with van der Waals surface area (Å²) in [4.78, 5) is 8.05. The summed E-state index contributed by atoms with van der Waals surface area (Å²) in [5.41, 5.74) is 7.66. The third-order valence-electron chi connectivity index (χ3n) is 2.49. The second-order valence-electron chi connectivity index (χ2n) is 3.40. The van der Waals surface area contributed by atoms with Crippen LogP contribution in [0.5, 0.6) is 5.75 Å². The highest BCUT2D eigenvalue weighted by atomic mass is 16.5. The first-order valence-electron chi connectivity index (χ1n) is 4.76. The van der Waals surface area contributed by atoms with Crippen LogP contribution >= 0.6 is 0 Å². The Hall–Kier alpha value is -2.30. The number of anilines is 1. The topological polar surface area (TPSA) is 74.2 Å². The largest absolute Gasteiger partial charge is 0.497 e. The normalized spacial score (nSPS) is 11.1. The summed E-state index contributed by atoms with van der Waals surface area (Å²) in [6.07, 6.45) is 1.43. The summed E-state index contributed by atoms with van der Waals surface area (Å²) in [5.74, 6) is 1.08. The molecule has 0 saturated heterocycles. The van der Waals surface area contributed by atoms with Crippen LogP contribution in [0.1, 0.15) is 0 Å². The van der Waals surface area contributed by atoms with Crippen molar-refractivity contribution in [3.05, 3.63) is 24.5 Å². The number of nitrogens with zero attached hydrogens (tertiary/aromatic N) is 2. The summed E-state index contributed by atoms with van der Waals surface area (Å²) < 4.78 is 10.7. The molecule has 0 radical (unpaired) electrons. The molecule has 2 aromatic heterocycles. The van der Waals surface area contributed by atoms with Gasteiger partial charge in [-0.25, -0.2) is 9.97 Å². The van der Waals surface area contributed by atoms with Crippen molar-refractivity contribution in [3.8, 4) is 5.75 Å². The Morgan fingerprint density at radius 1 is 1.31 bits per heavy atom. The van der Waals surface area contributed by atoms with E-state index >= 15 is 0 Å². The third kappa shape index (κ3) is 1.11. The van der Waals surface area contributed by atoms with Crippen LogP contribution < -0.4 is 10.5 Å². The standard InChI is InChI=1S/C11H9N3O2/c1-15-6-2-3-7-8(4-6)16-10-9(7)13-5-14-11(10)12/h2-5H,1H3,(H2,12,13,14). The zero-order valence-electron chi connectivity index (χ0n) is 8.60. The lowest BCUT2D eigenvalue weighted by atomic mass is 10.2. The minimum atomic E-state index is 0.347. The fourth-order valence-electron chi connectivity index (χ4n) is 1.70. The molecule has 80 valence electrons. The predicted molar refractivity (Wildman–Crippen MR) is 60.3 cm³/mol. The van der Waals surface area contributed by atoms with Crippen molar-refractivity contribution < 1.29 is 9.15 Å². The first kappa shape index (κ1) is 8.96. The SMILES string of the molecule is COc1ccc2c(c1)oc1c(N)ncnc12. The molecule has 0 saturated carbocycles. The monoisotopic (exact) mass is 215 g/mol. The van der Waals surface area contributed by atoms with Gasteiger partial charge in [-0.2, -0.15) is 0 Å². The highest BCUT2D eigenvalue weighted by Crippen LogP contribution is 2.31. The number of fused-ring (bicyclic) bond motifs is 3. The fourth-order valence-corrected chi connectivity index (χ4v) is 1.70. The molecule has 5 nitrogen and oxygen atoms in total. The van der Waals surface area contributed by atoms with Gasteiger partial charge in [-0.1, -0.05) is 0 Å². The molecule has 0 aliphatic carbocycles. The van der Waals surface area contributed by atoms with Crippen LogP contribution in [0, 0.1) is 0 Å². The molecular weight excluding hydrogens is 206 g/mol. The minimum Gasteiger partial charge on any atom is -0.497 e. The van der Waals surface area contributed by atoms with Crippen molar-refractivity contribution in [1.82, 2.24) is 9.97 Å². The van der Waals surface area contributed by atoms with Crippen molar-refractivity contribution in [2.45, 2.75) is 0 Å². The van der Waals surface area contributed by atoms with E-state index in [0.717, 1.165) is 16.7 Å². The van der Waals surface area contributed by atoms with Crippen molar-refractivity contribution >= 4 is 27.9 Å². The summed E-state index contributed by atoms with van der Waals surface area (Å²) in [6.45, 7) is 0. The molecule has 0 amide bonds. The average Bonchev–Trinajstić information content (AvgIpc) is 2.68. The number of hydrogen-bond donors (Lipinski definition) is 1. The van der Waals surface area contributed by atoms with Gasteiger partial charge in [0.15, 0.2) is 11.4 Å². The highest BCUT2D eigenvalue weighted by Gasteiger charge is 2.11. The van der Waals surface area contributed by atoms with E-state index < -0.39 is 0 Å². The summed E-state index contributed by atoms with van der Waals surface area (Å²) >= 11 is 0. The summed E-state index contributed by atoms with van der Waals surface area (Å²) in [6, 6.07) is 5.55. The molecule has 1 aromatic carbocycles. The number of furan rings is 1. The molecule has 0 fully saturated rings. The van der Waals surface area contributed by atoms with Crippen LogP contribution in [-0.4, -0.2) is 17.1 Å². The molecule has 0 aliphatic heterocycles. The van der Waals surface area contributed by atoms with E-state index in [9.17, 15) is 0 Å². The number of ether oxygens (including phenoxy) is 1. The smallest absolute Gasteiger partial charge is 0.195 e. The van der Waals surface area contributed by atoms with Gasteiger partial charge in [0.2, 0.25) is 0 Å². The van der Waals surface area contributed by atoms with Crippen LogP contribution in [0.25, 0.3) is 22.1 Å². The molecule has 0 atom stereocenters. The van der Waals surface area contributed by atoms with Crippen molar-refractivity contribution in [2.75, 3.05) is 12.8 Å². The predicted octanol–water partition coefficient (Wildman–Crippen LogP) is 1.97. The molecular formula is C11H9N3O2. The quantitative estimate of drug-likeness (QED) is 0.671. The van der Waals surface area contributed by atoms with Gasteiger partial charge in [0.05, 0.1) is 7.11 Å². The number of nitrogens with two attached hydrogens (primary N) is 1. The van der Waals surface area contributed by atoms with Gasteiger partial charge >= 0.3 is 0 Å². The fraction of sp³-hybridized carbons (Fsp3) is 0.0909. The molecule has 0 aliphatic rings. The maximum Gasteiger partial charge on any atom is 0.195 e. The number of benzene rings is 1. The Kier molecular flexibility index (Phi) is 1.73. The number of nitrogen functional groups attached to an aromatic ring is 1. The van der Waals surface area contributed by atoms with Crippen LogP contribution in [0.2, 0.25) is 0 Å². The van der Waals surface area contributed by atoms with Gasteiger partial charge in [0.1, 0.15) is 23.2 Å². The van der Waals surface area contributed by atoms with Crippen molar-refractivity contribution in [1.29, 1.82) is 0 Å². The van der Waals surface area contributed by atoms with E-state index in [-0.39, 0.29) is 0 Å². The minimum absolute atomic E-state index is 0.347. The molecule has 5 heteroatoms. The molecule has 3 rings (SSSR count). The first-order chi connectivity index (χ1) is 7.79. The zero-order chi connectivity index (χ0) is 11.1. The highest BCUT2D eigenvalue weighted by molar-refractivity contribution is 6.05. The summed E-state index contributed by atoms with van der Waals surface area (Å²) in [7, 11) is 1.61. The summed E-state index contributed by atoms with van der Waals surface area (Å²) in [5, 5.41) is 0.907. The number of rotatable bonds is 1. The Bertz CT molecular complexity index is 675.